The van der Waals surface area contributed by atoms with E-state index in [1.54, 1.807) is 6.07 Å². The van der Waals surface area contributed by atoms with Crippen molar-refractivity contribution in [2.45, 2.75) is 37.1 Å². The number of aliphatic hydroxyl groups excluding tert-OH is 1. The molecule has 4 heterocycles. The number of fused-ring (bicyclic) bond motifs is 2. The monoisotopic (exact) mass is 554 g/mol. The molecule has 0 spiro atoms. The standard InChI is InChI=1S/C19H26ClFN4O8P2/c20-16-4-13(24-6-11-2-1-3-12(11)7-24)14-5-22-18(25(14)23-16)19(21)9-32-15(17(19)26)8-33-35(30,31)10-34(27,28)29/h4-5,11-12,15,17,26H,1-3,6-10H2,(H,30,31)(H2,27,28,29)/t11?,12?,15-,17-,19?/m1/s1. The van der Waals surface area contributed by atoms with Gasteiger partial charge >= 0.3 is 15.2 Å². The first kappa shape index (κ1) is 25.5. The molecule has 12 nitrogen and oxygen atoms in total. The number of anilines is 1. The van der Waals surface area contributed by atoms with E-state index in [1.165, 1.54) is 30.0 Å². The summed E-state index contributed by atoms with van der Waals surface area (Å²) in [7, 11) is -9.54. The van der Waals surface area contributed by atoms with E-state index < -0.39 is 52.2 Å². The van der Waals surface area contributed by atoms with Gasteiger partial charge in [0.1, 0.15) is 17.7 Å². The molecule has 6 atom stereocenters. The molecule has 0 bridgehead atoms. The Morgan fingerprint density at radius 2 is 1.94 bits per heavy atom. The second-order valence-electron chi connectivity index (χ2n) is 9.48. The summed E-state index contributed by atoms with van der Waals surface area (Å²) < 4.78 is 50.2. The highest BCUT2D eigenvalue weighted by molar-refractivity contribution is 7.70. The van der Waals surface area contributed by atoms with Crippen molar-refractivity contribution in [2.75, 3.05) is 37.1 Å². The Morgan fingerprint density at radius 3 is 2.60 bits per heavy atom. The zero-order valence-electron chi connectivity index (χ0n) is 18.5. The largest absolute Gasteiger partial charge is 0.386 e. The van der Waals surface area contributed by atoms with Gasteiger partial charge in [0, 0.05) is 19.2 Å². The van der Waals surface area contributed by atoms with E-state index in [1.807, 2.05) is 0 Å². The Kier molecular flexibility index (Phi) is 6.56. The lowest BCUT2D eigenvalue weighted by Gasteiger charge is -2.24. The van der Waals surface area contributed by atoms with Gasteiger partial charge in [-0.05, 0) is 24.7 Å². The van der Waals surface area contributed by atoms with Crippen LogP contribution in [0, 0.1) is 11.8 Å². The third-order valence-corrected chi connectivity index (χ3v) is 10.7. The van der Waals surface area contributed by atoms with Crippen LogP contribution >= 0.6 is 26.8 Å². The summed E-state index contributed by atoms with van der Waals surface area (Å²) in [6.45, 7) is 0.318. The Hall–Kier alpha value is -1.14. The normalized spacial score (nSPS) is 32.9. The van der Waals surface area contributed by atoms with Gasteiger partial charge < -0.3 is 33.9 Å². The number of halogens is 2. The van der Waals surface area contributed by atoms with Gasteiger partial charge in [-0.3, -0.25) is 9.13 Å². The maximum Gasteiger partial charge on any atom is 0.340 e. The molecule has 1 aliphatic carbocycles. The SMILES string of the molecule is O=P(O)(O)CP(=O)(O)OC[C@H]1OCC(F)(c2ncc3c(N4CC5CCCC5C4)cc(Cl)nn23)[C@@H]1O. The summed E-state index contributed by atoms with van der Waals surface area (Å²) >= 11 is 6.28. The Labute approximate surface area is 204 Å². The van der Waals surface area contributed by atoms with Crippen LogP contribution in [0.25, 0.3) is 5.52 Å². The fraction of sp³-hybridized carbons (Fsp3) is 0.684. The Morgan fingerprint density at radius 1 is 1.26 bits per heavy atom. The lowest BCUT2D eigenvalue weighted by molar-refractivity contribution is -0.0150. The molecule has 0 amide bonds. The summed E-state index contributed by atoms with van der Waals surface area (Å²) in [6.07, 6.45) is 1.79. The van der Waals surface area contributed by atoms with E-state index in [0.29, 0.717) is 17.4 Å². The maximum absolute atomic E-state index is 16.1. The topological polar surface area (TPSA) is 167 Å². The van der Waals surface area contributed by atoms with E-state index in [9.17, 15) is 19.1 Å². The number of aliphatic hydroxyl groups is 1. The molecule has 0 aromatic carbocycles. The second kappa shape index (κ2) is 9.01. The summed E-state index contributed by atoms with van der Waals surface area (Å²) in [5.74, 6) is -0.433. The number of nitrogens with zero attached hydrogens (tertiary/aromatic N) is 4. The van der Waals surface area contributed by atoms with Crippen LogP contribution in [-0.4, -0.2) is 78.8 Å². The number of rotatable bonds is 7. The van der Waals surface area contributed by atoms with E-state index >= 15 is 4.39 Å². The van der Waals surface area contributed by atoms with Crippen LogP contribution in [0.2, 0.25) is 5.15 Å². The molecule has 16 heteroatoms. The van der Waals surface area contributed by atoms with Gasteiger partial charge in [0.2, 0.25) is 5.67 Å². The summed E-state index contributed by atoms with van der Waals surface area (Å²) in [5.41, 5.74) is -1.25. The van der Waals surface area contributed by atoms with Crippen LogP contribution in [0.15, 0.2) is 12.3 Å². The van der Waals surface area contributed by atoms with Crippen LogP contribution < -0.4 is 4.90 Å². The van der Waals surface area contributed by atoms with Crippen molar-refractivity contribution in [1.29, 1.82) is 0 Å². The van der Waals surface area contributed by atoms with E-state index in [-0.39, 0.29) is 11.0 Å². The maximum atomic E-state index is 16.1. The molecule has 2 saturated heterocycles. The molecule has 0 radical (unpaired) electrons. The summed E-state index contributed by atoms with van der Waals surface area (Å²) in [5, 5.41) is 15.0. The van der Waals surface area contributed by atoms with Crippen molar-refractivity contribution in [3.63, 3.8) is 0 Å². The second-order valence-corrected chi connectivity index (χ2v) is 13.9. The molecule has 4 unspecified atom stereocenters. The predicted molar refractivity (Wildman–Crippen MR) is 122 cm³/mol. The number of imidazole rings is 1. The third-order valence-electron chi connectivity index (χ3n) is 7.02. The van der Waals surface area contributed by atoms with E-state index in [0.717, 1.165) is 18.8 Å². The first-order valence-corrected chi connectivity index (χ1v) is 15.1. The number of ether oxygens (including phenoxy) is 1. The van der Waals surface area contributed by atoms with Gasteiger partial charge in [-0.1, -0.05) is 18.0 Å². The average Bonchev–Trinajstić information content (AvgIpc) is 3.49. The van der Waals surface area contributed by atoms with Crippen molar-refractivity contribution >= 4 is 38.0 Å². The quantitative estimate of drug-likeness (QED) is 0.369. The number of hydrogen-bond donors (Lipinski definition) is 4. The van der Waals surface area contributed by atoms with Crippen molar-refractivity contribution in [1.82, 2.24) is 14.6 Å². The molecule has 1 saturated carbocycles. The minimum absolute atomic E-state index is 0.124. The third kappa shape index (κ3) is 4.91. The highest BCUT2D eigenvalue weighted by atomic mass is 35.5. The zero-order valence-corrected chi connectivity index (χ0v) is 21.0. The van der Waals surface area contributed by atoms with Gasteiger partial charge in [-0.25, -0.2) is 13.9 Å². The van der Waals surface area contributed by atoms with E-state index in [2.05, 4.69) is 15.0 Å². The van der Waals surface area contributed by atoms with Crippen molar-refractivity contribution in [2.24, 2.45) is 11.8 Å². The molecule has 2 aromatic rings. The highest BCUT2D eigenvalue weighted by Gasteiger charge is 2.55. The Bertz CT molecular complexity index is 1220. The van der Waals surface area contributed by atoms with Crippen molar-refractivity contribution in [3.05, 3.63) is 23.2 Å². The minimum Gasteiger partial charge on any atom is -0.386 e. The van der Waals surface area contributed by atoms with Gasteiger partial charge in [0.15, 0.2) is 16.9 Å². The molecule has 35 heavy (non-hydrogen) atoms. The fourth-order valence-corrected chi connectivity index (χ4v) is 8.15. The molecular weight excluding hydrogens is 529 g/mol. The van der Waals surface area contributed by atoms with Crippen LogP contribution in [-0.2, 0) is 24.1 Å². The molecule has 5 rings (SSSR count). The van der Waals surface area contributed by atoms with Crippen LogP contribution in [0.1, 0.15) is 25.1 Å². The first-order valence-electron chi connectivity index (χ1n) is 11.2. The molecule has 4 N–H and O–H groups in total. The Balaban J connectivity index is 1.38. The molecular formula is C19H26ClFN4O8P2. The van der Waals surface area contributed by atoms with Crippen LogP contribution in [0.4, 0.5) is 10.1 Å². The summed E-state index contributed by atoms with van der Waals surface area (Å²) in [6, 6.07) is 1.71. The van der Waals surface area contributed by atoms with Gasteiger partial charge in [-0.2, -0.15) is 5.10 Å². The minimum atomic E-state index is -4.83. The zero-order chi connectivity index (χ0) is 25.2. The molecule has 2 aliphatic heterocycles. The van der Waals surface area contributed by atoms with Crippen LogP contribution in [0.5, 0.6) is 0 Å². The number of hydrogen-bond acceptors (Lipinski definition) is 8. The van der Waals surface area contributed by atoms with Gasteiger partial charge in [-0.15, -0.1) is 0 Å². The van der Waals surface area contributed by atoms with Crippen molar-refractivity contribution in [3.8, 4) is 0 Å². The average molecular weight is 555 g/mol. The number of aromatic nitrogens is 3. The summed E-state index contributed by atoms with van der Waals surface area (Å²) in [4.78, 5) is 33.8. The molecule has 2 aromatic heterocycles. The first-order chi connectivity index (χ1) is 16.4. The van der Waals surface area contributed by atoms with E-state index in [4.69, 9.17) is 30.6 Å². The highest BCUT2D eigenvalue weighted by Crippen LogP contribution is 2.55. The lowest BCUT2D eigenvalue weighted by atomic mass is 9.98. The number of alkyl halides is 1. The van der Waals surface area contributed by atoms with Gasteiger partial charge in [0.25, 0.3) is 0 Å². The van der Waals surface area contributed by atoms with Crippen LogP contribution in [0.3, 0.4) is 0 Å². The van der Waals surface area contributed by atoms with Gasteiger partial charge in [0.05, 0.1) is 25.1 Å². The smallest absolute Gasteiger partial charge is 0.340 e. The lowest BCUT2D eigenvalue weighted by Crippen LogP contribution is -2.40. The van der Waals surface area contributed by atoms with Crippen molar-refractivity contribution < 1.29 is 42.6 Å². The molecule has 194 valence electrons. The molecule has 3 aliphatic rings. The predicted octanol–water partition coefficient (Wildman–Crippen LogP) is 1.88. The molecule has 3 fully saturated rings. The fourth-order valence-electron chi connectivity index (χ4n) is 5.40.